The van der Waals surface area contributed by atoms with Crippen molar-refractivity contribution >= 4 is 16.6 Å². The van der Waals surface area contributed by atoms with Crippen LogP contribution >= 0.6 is 0 Å². The van der Waals surface area contributed by atoms with E-state index in [-0.39, 0.29) is 5.43 Å². The van der Waals surface area contributed by atoms with Crippen molar-refractivity contribution in [1.82, 2.24) is 9.88 Å². The predicted octanol–water partition coefficient (Wildman–Crippen LogP) is 3.44. The van der Waals surface area contributed by atoms with Gasteiger partial charge in [0.15, 0.2) is 5.43 Å². The summed E-state index contributed by atoms with van der Waals surface area (Å²) in [7, 11) is 2.17. The van der Waals surface area contributed by atoms with Gasteiger partial charge in [-0.05, 0) is 45.0 Å². The topological polar surface area (TPSA) is 48.6 Å². The Balaban J connectivity index is 1.64. The molecule has 1 aliphatic heterocycles. The van der Waals surface area contributed by atoms with Crippen molar-refractivity contribution in [2.24, 2.45) is 0 Å². The molecule has 1 N–H and O–H groups in total. The Morgan fingerprint density at radius 3 is 2.67 bits per heavy atom. The summed E-state index contributed by atoms with van der Waals surface area (Å²) in [4.78, 5) is 21.5. The van der Waals surface area contributed by atoms with Gasteiger partial charge in [0, 0.05) is 53.5 Å². The van der Waals surface area contributed by atoms with Gasteiger partial charge >= 0.3 is 0 Å². The number of aromatic nitrogens is 1. The molecule has 0 atom stereocenters. The number of hydrogen-bond donors (Lipinski definition) is 1. The van der Waals surface area contributed by atoms with Crippen LogP contribution in [0.1, 0.15) is 43.4 Å². The highest BCUT2D eigenvalue weighted by molar-refractivity contribution is 5.83. The van der Waals surface area contributed by atoms with Crippen LogP contribution in [0.15, 0.2) is 23.0 Å². The summed E-state index contributed by atoms with van der Waals surface area (Å²) in [6, 6.07) is 6.82. The van der Waals surface area contributed by atoms with Crippen LogP contribution in [0, 0.1) is 6.92 Å². The number of aromatic amines is 1. The lowest BCUT2D eigenvalue weighted by molar-refractivity contribution is 0.122. The number of pyridine rings is 1. The van der Waals surface area contributed by atoms with Gasteiger partial charge in [-0.1, -0.05) is 19.3 Å². The molecule has 2 aliphatic rings. The summed E-state index contributed by atoms with van der Waals surface area (Å²) in [5.41, 5.74) is 4.13. The van der Waals surface area contributed by atoms with Crippen LogP contribution < -0.4 is 10.3 Å². The number of benzene rings is 1. The molecule has 1 saturated heterocycles. The van der Waals surface area contributed by atoms with Crippen molar-refractivity contribution < 1.29 is 4.74 Å². The van der Waals surface area contributed by atoms with Crippen LogP contribution in [-0.4, -0.2) is 49.3 Å². The molecule has 0 amide bonds. The van der Waals surface area contributed by atoms with Crippen LogP contribution in [0.2, 0.25) is 0 Å². The van der Waals surface area contributed by atoms with E-state index in [1.807, 2.05) is 13.0 Å². The molecule has 4 rings (SSSR count). The molecule has 5 nitrogen and oxygen atoms in total. The number of rotatable bonds is 4. The maximum atomic E-state index is 13.3. The van der Waals surface area contributed by atoms with Gasteiger partial charge in [0.2, 0.25) is 0 Å². The number of fused-ring (bicyclic) bond motifs is 1. The predicted molar refractivity (Wildman–Crippen MR) is 111 cm³/mol. The first-order valence-electron chi connectivity index (χ1n) is 10.3. The molecule has 1 aromatic heterocycles. The Kier molecular flexibility index (Phi) is 5.50. The minimum absolute atomic E-state index is 0.180. The zero-order valence-electron chi connectivity index (χ0n) is 16.6. The number of nitrogens with one attached hydrogen (secondary N) is 1. The zero-order valence-corrected chi connectivity index (χ0v) is 16.6. The average molecular weight is 370 g/mol. The summed E-state index contributed by atoms with van der Waals surface area (Å²) < 4.78 is 5.45. The van der Waals surface area contributed by atoms with Crippen molar-refractivity contribution in [2.75, 3.05) is 38.3 Å². The molecule has 1 saturated carbocycles. The molecule has 1 aliphatic carbocycles. The minimum Gasteiger partial charge on any atom is -0.378 e. The molecule has 0 bridgehead atoms. The SMILES string of the molecule is Cc1[nH]c2ccc(N3CCOCC3)cc2c(=O)c1CN(C)C1CCCCC1. The van der Waals surface area contributed by atoms with Crippen LogP contribution in [0.25, 0.3) is 10.9 Å². The summed E-state index contributed by atoms with van der Waals surface area (Å²) in [5.74, 6) is 0. The third-order valence-electron chi connectivity index (χ3n) is 6.28. The monoisotopic (exact) mass is 369 g/mol. The number of nitrogens with zero attached hydrogens (tertiary/aromatic N) is 2. The highest BCUT2D eigenvalue weighted by Crippen LogP contribution is 2.24. The molecule has 0 unspecified atom stereocenters. The van der Waals surface area contributed by atoms with Crippen molar-refractivity contribution in [1.29, 1.82) is 0 Å². The van der Waals surface area contributed by atoms with Gasteiger partial charge in [0.25, 0.3) is 0 Å². The fourth-order valence-electron chi connectivity index (χ4n) is 4.55. The maximum Gasteiger partial charge on any atom is 0.194 e. The van der Waals surface area contributed by atoms with Crippen molar-refractivity contribution in [3.63, 3.8) is 0 Å². The van der Waals surface area contributed by atoms with Crippen molar-refractivity contribution in [3.8, 4) is 0 Å². The average Bonchev–Trinajstić information content (AvgIpc) is 2.72. The van der Waals surface area contributed by atoms with E-state index in [0.29, 0.717) is 6.04 Å². The molecular formula is C22H31N3O2. The lowest BCUT2D eigenvalue weighted by Crippen LogP contribution is -2.36. The number of morpholine rings is 1. The second-order valence-electron chi connectivity index (χ2n) is 8.09. The van der Waals surface area contributed by atoms with Gasteiger partial charge in [-0.2, -0.15) is 0 Å². The standard InChI is InChI=1S/C22H31N3O2/c1-16-20(15-24(2)17-6-4-3-5-7-17)22(26)19-14-18(8-9-21(19)23-16)25-10-12-27-13-11-25/h8-9,14,17H,3-7,10-13,15H2,1-2H3,(H,23,26). The lowest BCUT2D eigenvalue weighted by atomic mass is 9.94. The second kappa shape index (κ2) is 8.03. The van der Waals surface area contributed by atoms with E-state index in [2.05, 4.69) is 34.0 Å². The number of ether oxygens (including phenoxy) is 1. The van der Waals surface area contributed by atoms with E-state index < -0.39 is 0 Å². The Hall–Kier alpha value is -1.85. The molecule has 2 aromatic rings. The van der Waals surface area contributed by atoms with Gasteiger partial charge in [0.05, 0.1) is 13.2 Å². The van der Waals surface area contributed by atoms with Gasteiger partial charge in [-0.15, -0.1) is 0 Å². The summed E-state index contributed by atoms with van der Waals surface area (Å²) in [5, 5.41) is 0.802. The van der Waals surface area contributed by atoms with E-state index >= 15 is 0 Å². The molecule has 1 aromatic carbocycles. The Morgan fingerprint density at radius 2 is 1.93 bits per heavy atom. The molecule has 0 radical (unpaired) electrons. The quantitative estimate of drug-likeness (QED) is 0.897. The number of hydrogen-bond acceptors (Lipinski definition) is 4. The van der Waals surface area contributed by atoms with Crippen LogP contribution in [0.5, 0.6) is 0 Å². The first-order chi connectivity index (χ1) is 13.1. The fourth-order valence-corrected chi connectivity index (χ4v) is 4.55. The molecule has 0 spiro atoms. The Morgan fingerprint density at radius 1 is 1.19 bits per heavy atom. The molecule has 27 heavy (non-hydrogen) atoms. The van der Waals surface area contributed by atoms with E-state index in [4.69, 9.17) is 4.74 Å². The van der Waals surface area contributed by atoms with Gasteiger partial charge in [-0.25, -0.2) is 0 Å². The highest BCUT2D eigenvalue weighted by Gasteiger charge is 2.21. The summed E-state index contributed by atoms with van der Waals surface area (Å²) >= 11 is 0. The third kappa shape index (κ3) is 3.90. The van der Waals surface area contributed by atoms with E-state index in [9.17, 15) is 4.79 Å². The van der Waals surface area contributed by atoms with Gasteiger partial charge < -0.3 is 14.6 Å². The number of anilines is 1. The summed E-state index contributed by atoms with van der Waals surface area (Å²) in [6.07, 6.45) is 6.48. The van der Waals surface area contributed by atoms with Crippen LogP contribution in [0.3, 0.4) is 0 Å². The number of H-pyrrole nitrogens is 1. The van der Waals surface area contributed by atoms with Crippen molar-refractivity contribution in [3.05, 3.63) is 39.7 Å². The van der Waals surface area contributed by atoms with Gasteiger partial charge in [0.1, 0.15) is 0 Å². The summed E-state index contributed by atoms with van der Waals surface area (Å²) in [6.45, 7) is 6.02. The van der Waals surface area contributed by atoms with E-state index in [1.165, 1.54) is 32.1 Å². The highest BCUT2D eigenvalue weighted by atomic mass is 16.5. The number of aryl methyl sites for hydroxylation is 1. The first kappa shape index (κ1) is 18.5. The largest absolute Gasteiger partial charge is 0.378 e. The van der Waals surface area contributed by atoms with Crippen molar-refractivity contribution in [2.45, 2.75) is 51.6 Å². The molecule has 146 valence electrons. The molecule has 5 heteroatoms. The normalized spacial score (nSPS) is 19.1. The molecular weight excluding hydrogens is 338 g/mol. The van der Waals surface area contributed by atoms with Crippen LogP contribution in [-0.2, 0) is 11.3 Å². The molecule has 2 fully saturated rings. The zero-order chi connectivity index (χ0) is 18.8. The van der Waals surface area contributed by atoms with Crippen LogP contribution in [0.4, 0.5) is 5.69 Å². The first-order valence-corrected chi connectivity index (χ1v) is 10.3. The smallest absolute Gasteiger partial charge is 0.194 e. The van der Waals surface area contributed by atoms with E-state index in [0.717, 1.165) is 60.7 Å². The third-order valence-corrected chi connectivity index (χ3v) is 6.28. The maximum absolute atomic E-state index is 13.3. The Labute approximate surface area is 161 Å². The lowest BCUT2D eigenvalue weighted by Gasteiger charge is -2.31. The molecule has 2 heterocycles. The van der Waals surface area contributed by atoms with E-state index in [1.54, 1.807) is 0 Å². The second-order valence-corrected chi connectivity index (χ2v) is 8.09. The minimum atomic E-state index is 0.180. The fraction of sp³-hybridized carbons (Fsp3) is 0.591. The Bertz CT molecular complexity index is 848. The van der Waals surface area contributed by atoms with Gasteiger partial charge in [-0.3, -0.25) is 9.69 Å².